The number of aromatic amines is 1. The largest absolute Gasteiger partial charge is 0.493 e. The molecular formula is C23H22N2O3. The molecule has 0 bridgehead atoms. The Balaban J connectivity index is 1.51. The molecule has 1 heterocycles. The number of amides is 1. The van der Waals surface area contributed by atoms with E-state index in [2.05, 4.69) is 35.4 Å². The molecule has 5 heteroatoms. The number of anilines is 1. The summed E-state index contributed by atoms with van der Waals surface area (Å²) in [4.78, 5) is 15.8. The van der Waals surface area contributed by atoms with E-state index in [1.807, 2.05) is 30.3 Å². The first-order valence-corrected chi connectivity index (χ1v) is 9.28. The number of rotatable bonds is 6. The van der Waals surface area contributed by atoms with Crippen LogP contribution >= 0.6 is 0 Å². The lowest BCUT2D eigenvalue weighted by Crippen LogP contribution is -2.20. The molecule has 0 aliphatic rings. The molecule has 0 saturated heterocycles. The number of hydrogen-bond donors (Lipinski definition) is 2. The molecule has 4 rings (SSSR count). The molecule has 0 aliphatic carbocycles. The van der Waals surface area contributed by atoms with Gasteiger partial charge < -0.3 is 19.8 Å². The molecule has 4 aromatic rings. The van der Waals surface area contributed by atoms with Crippen molar-refractivity contribution < 1.29 is 14.3 Å². The Kier molecular flexibility index (Phi) is 4.89. The van der Waals surface area contributed by atoms with Crippen LogP contribution in [0.3, 0.4) is 0 Å². The van der Waals surface area contributed by atoms with Crippen molar-refractivity contribution in [1.29, 1.82) is 0 Å². The Hall–Kier alpha value is -3.47. The molecule has 0 saturated carbocycles. The van der Waals surface area contributed by atoms with Crippen molar-refractivity contribution in [2.45, 2.75) is 13.3 Å². The first-order chi connectivity index (χ1) is 13.7. The highest BCUT2D eigenvalue weighted by Gasteiger charge is 2.10. The van der Waals surface area contributed by atoms with E-state index in [1.165, 1.54) is 10.9 Å². The number of carbonyl (C=O) groups excluding carboxylic acids is 1. The molecule has 0 radical (unpaired) electrons. The molecule has 0 spiro atoms. The Labute approximate surface area is 163 Å². The van der Waals surface area contributed by atoms with Gasteiger partial charge in [-0.3, -0.25) is 4.79 Å². The number of aryl methyl sites for hydroxylation is 1. The van der Waals surface area contributed by atoms with Crippen LogP contribution in [0.25, 0.3) is 21.8 Å². The van der Waals surface area contributed by atoms with Crippen LogP contribution in [0.15, 0.2) is 60.7 Å². The van der Waals surface area contributed by atoms with E-state index in [4.69, 9.17) is 9.47 Å². The second kappa shape index (κ2) is 7.64. The number of carbonyl (C=O) groups is 1. The molecule has 28 heavy (non-hydrogen) atoms. The number of hydrogen-bond acceptors (Lipinski definition) is 3. The minimum absolute atomic E-state index is 0.0922. The molecule has 142 valence electrons. The molecule has 0 fully saturated rings. The average Bonchev–Trinajstić information content (AvgIpc) is 3.10. The molecular weight excluding hydrogens is 352 g/mol. The first-order valence-electron chi connectivity index (χ1n) is 9.28. The molecule has 0 atom stereocenters. The highest BCUT2D eigenvalue weighted by molar-refractivity contribution is 6.09. The smallest absolute Gasteiger partial charge is 0.262 e. The summed E-state index contributed by atoms with van der Waals surface area (Å²) >= 11 is 0. The maximum absolute atomic E-state index is 12.3. The quantitative estimate of drug-likeness (QED) is 0.504. The van der Waals surface area contributed by atoms with Crippen LogP contribution in [-0.4, -0.2) is 24.6 Å². The van der Waals surface area contributed by atoms with Gasteiger partial charge in [-0.15, -0.1) is 0 Å². The van der Waals surface area contributed by atoms with Gasteiger partial charge in [0.15, 0.2) is 18.1 Å². The maximum atomic E-state index is 12.3. The number of nitrogens with one attached hydrogen (secondary N) is 2. The lowest BCUT2D eigenvalue weighted by Gasteiger charge is -2.10. The lowest BCUT2D eigenvalue weighted by molar-refractivity contribution is -0.118. The van der Waals surface area contributed by atoms with E-state index < -0.39 is 0 Å². The Bertz CT molecular complexity index is 1150. The van der Waals surface area contributed by atoms with E-state index >= 15 is 0 Å². The zero-order chi connectivity index (χ0) is 19.5. The fraction of sp³-hybridized carbons (Fsp3) is 0.174. The molecule has 0 aliphatic heterocycles. The van der Waals surface area contributed by atoms with Gasteiger partial charge in [0.1, 0.15) is 0 Å². The van der Waals surface area contributed by atoms with Crippen molar-refractivity contribution in [3.05, 3.63) is 66.2 Å². The number of H-pyrrole nitrogens is 1. The predicted octanol–water partition coefficient (Wildman–Crippen LogP) is 4.91. The third-order valence-corrected chi connectivity index (χ3v) is 4.81. The minimum atomic E-state index is -0.226. The Morgan fingerprint density at radius 1 is 1.00 bits per heavy atom. The van der Waals surface area contributed by atoms with Gasteiger partial charge in [0.25, 0.3) is 5.91 Å². The zero-order valence-corrected chi connectivity index (χ0v) is 15.9. The first kappa shape index (κ1) is 17.9. The molecule has 0 unspecified atom stereocenters. The van der Waals surface area contributed by atoms with Crippen LogP contribution in [0.5, 0.6) is 11.5 Å². The SMILES string of the molecule is CCc1cccc2c1[nH]c1cc(NC(=O)COc3ccccc3OC)ccc12. The summed E-state index contributed by atoms with van der Waals surface area (Å²) in [7, 11) is 1.57. The number of aromatic nitrogens is 1. The molecule has 1 aromatic heterocycles. The van der Waals surface area contributed by atoms with Crippen molar-refractivity contribution in [2.75, 3.05) is 19.0 Å². The highest BCUT2D eigenvalue weighted by Crippen LogP contribution is 2.30. The van der Waals surface area contributed by atoms with Crippen molar-refractivity contribution in [3.8, 4) is 11.5 Å². The Morgan fingerprint density at radius 3 is 2.61 bits per heavy atom. The van der Waals surface area contributed by atoms with E-state index in [-0.39, 0.29) is 12.5 Å². The van der Waals surface area contributed by atoms with E-state index in [1.54, 1.807) is 19.2 Å². The van der Waals surface area contributed by atoms with Gasteiger partial charge in [0, 0.05) is 27.5 Å². The summed E-state index contributed by atoms with van der Waals surface area (Å²) in [5, 5.41) is 5.24. The van der Waals surface area contributed by atoms with Crippen LogP contribution in [0.4, 0.5) is 5.69 Å². The summed E-state index contributed by atoms with van der Waals surface area (Å²) in [5.41, 5.74) is 4.16. The highest BCUT2D eigenvalue weighted by atomic mass is 16.5. The summed E-state index contributed by atoms with van der Waals surface area (Å²) in [5.74, 6) is 0.912. The molecule has 5 nitrogen and oxygen atoms in total. The standard InChI is InChI=1S/C23H22N2O3/c1-3-15-7-6-8-18-17-12-11-16(13-19(17)25-23(15)18)24-22(26)14-28-21-10-5-4-9-20(21)27-2/h4-13,25H,3,14H2,1-2H3,(H,24,26). The van der Waals surface area contributed by atoms with Crippen LogP contribution in [0.1, 0.15) is 12.5 Å². The van der Waals surface area contributed by atoms with Crippen LogP contribution < -0.4 is 14.8 Å². The van der Waals surface area contributed by atoms with Crippen molar-refractivity contribution >= 4 is 33.4 Å². The summed E-state index contributed by atoms with van der Waals surface area (Å²) in [6, 6.07) is 19.5. The van der Waals surface area contributed by atoms with Gasteiger partial charge in [-0.25, -0.2) is 0 Å². The summed E-state index contributed by atoms with van der Waals surface area (Å²) < 4.78 is 10.8. The van der Waals surface area contributed by atoms with Crippen molar-refractivity contribution in [2.24, 2.45) is 0 Å². The van der Waals surface area contributed by atoms with Gasteiger partial charge in [0.05, 0.1) is 7.11 Å². The second-order valence-electron chi connectivity index (χ2n) is 6.57. The Morgan fingerprint density at radius 2 is 1.82 bits per heavy atom. The van der Waals surface area contributed by atoms with Crippen LogP contribution in [0, 0.1) is 0 Å². The fourth-order valence-electron chi connectivity index (χ4n) is 3.44. The third kappa shape index (κ3) is 3.39. The molecule has 1 amide bonds. The van der Waals surface area contributed by atoms with Gasteiger partial charge >= 0.3 is 0 Å². The predicted molar refractivity (Wildman–Crippen MR) is 112 cm³/mol. The number of para-hydroxylation sites is 3. The third-order valence-electron chi connectivity index (χ3n) is 4.81. The maximum Gasteiger partial charge on any atom is 0.262 e. The van der Waals surface area contributed by atoms with Gasteiger partial charge in [-0.05, 0) is 36.2 Å². The zero-order valence-electron chi connectivity index (χ0n) is 15.9. The number of benzene rings is 3. The van der Waals surface area contributed by atoms with E-state index in [9.17, 15) is 4.79 Å². The van der Waals surface area contributed by atoms with Crippen LogP contribution in [-0.2, 0) is 11.2 Å². The molecule has 2 N–H and O–H groups in total. The number of fused-ring (bicyclic) bond motifs is 3. The van der Waals surface area contributed by atoms with E-state index in [0.29, 0.717) is 11.5 Å². The monoisotopic (exact) mass is 374 g/mol. The van der Waals surface area contributed by atoms with Crippen molar-refractivity contribution in [1.82, 2.24) is 4.98 Å². The number of methoxy groups -OCH3 is 1. The molecule has 3 aromatic carbocycles. The minimum Gasteiger partial charge on any atom is -0.493 e. The summed E-state index contributed by atoms with van der Waals surface area (Å²) in [6.07, 6.45) is 0.966. The van der Waals surface area contributed by atoms with Gasteiger partial charge in [-0.2, -0.15) is 0 Å². The topological polar surface area (TPSA) is 63.4 Å². The average molecular weight is 374 g/mol. The van der Waals surface area contributed by atoms with Gasteiger partial charge in [-0.1, -0.05) is 43.3 Å². The number of ether oxygens (including phenoxy) is 2. The van der Waals surface area contributed by atoms with Crippen molar-refractivity contribution in [3.63, 3.8) is 0 Å². The van der Waals surface area contributed by atoms with Crippen LogP contribution in [0.2, 0.25) is 0 Å². The summed E-state index contributed by atoms with van der Waals surface area (Å²) in [6.45, 7) is 2.05. The fourth-order valence-corrected chi connectivity index (χ4v) is 3.44. The van der Waals surface area contributed by atoms with Gasteiger partial charge in [0.2, 0.25) is 0 Å². The second-order valence-corrected chi connectivity index (χ2v) is 6.57. The van der Waals surface area contributed by atoms with E-state index in [0.717, 1.165) is 28.5 Å². The lowest BCUT2D eigenvalue weighted by atomic mass is 10.1. The normalized spacial score (nSPS) is 10.9.